The first-order valence-corrected chi connectivity index (χ1v) is 8.95. The maximum Gasteiger partial charge on any atom is 0.191 e. The molecule has 4 heteroatoms. The van der Waals surface area contributed by atoms with Crippen molar-refractivity contribution in [3.63, 3.8) is 0 Å². The number of fused-ring (bicyclic) bond motifs is 2. The molecule has 118 valence electrons. The van der Waals surface area contributed by atoms with Gasteiger partial charge in [-0.25, -0.2) is 0 Å². The Morgan fingerprint density at radius 2 is 1.86 bits per heavy atom. The summed E-state index contributed by atoms with van der Waals surface area (Å²) in [5.74, 6) is 1.75. The van der Waals surface area contributed by atoms with Crippen molar-refractivity contribution in [1.82, 2.24) is 10.6 Å². The maximum atomic E-state index is 6.00. The average Bonchev–Trinajstić information content (AvgIpc) is 2.88. The van der Waals surface area contributed by atoms with Crippen molar-refractivity contribution in [2.24, 2.45) is 16.3 Å². The van der Waals surface area contributed by atoms with Crippen LogP contribution in [0.4, 0.5) is 0 Å². The predicted molar refractivity (Wildman–Crippen MR) is 84.4 cm³/mol. The number of ether oxygens (including phenoxy) is 1. The Bertz CT molecular complexity index is 412. The summed E-state index contributed by atoms with van der Waals surface area (Å²) in [6.45, 7) is 0.962. The lowest BCUT2D eigenvalue weighted by Crippen LogP contribution is -2.72. The van der Waals surface area contributed by atoms with Gasteiger partial charge in [0.2, 0.25) is 0 Å². The van der Waals surface area contributed by atoms with Crippen molar-refractivity contribution in [3.05, 3.63) is 0 Å². The van der Waals surface area contributed by atoms with Gasteiger partial charge in [-0.3, -0.25) is 4.99 Å². The molecule has 0 aromatic carbocycles. The van der Waals surface area contributed by atoms with E-state index in [4.69, 9.17) is 4.74 Å². The predicted octanol–water partition coefficient (Wildman–Crippen LogP) is 2.44. The number of guanidine groups is 1. The molecule has 1 aliphatic heterocycles. The zero-order valence-corrected chi connectivity index (χ0v) is 13.2. The average molecular weight is 291 g/mol. The van der Waals surface area contributed by atoms with Crippen molar-refractivity contribution in [1.29, 1.82) is 0 Å². The van der Waals surface area contributed by atoms with Crippen LogP contribution in [-0.2, 0) is 4.74 Å². The molecular weight excluding hydrogens is 262 g/mol. The molecule has 2 N–H and O–H groups in total. The quantitative estimate of drug-likeness (QED) is 0.607. The van der Waals surface area contributed by atoms with Crippen molar-refractivity contribution in [2.45, 2.75) is 76.0 Å². The van der Waals surface area contributed by atoms with Gasteiger partial charge in [-0.1, -0.05) is 25.7 Å². The third-order valence-corrected chi connectivity index (χ3v) is 6.50. The second-order valence-corrected chi connectivity index (χ2v) is 7.50. The third-order valence-electron chi connectivity index (χ3n) is 6.50. The van der Waals surface area contributed by atoms with E-state index in [1.807, 2.05) is 7.05 Å². The number of hydrogen-bond donors (Lipinski definition) is 2. The summed E-state index contributed by atoms with van der Waals surface area (Å²) in [7, 11) is 1.91. The van der Waals surface area contributed by atoms with Gasteiger partial charge in [0.15, 0.2) is 5.96 Å². The molecule has 0 bridgehead atoms. The highest BCUT2D eigenvalue weighted by atomic mass is 16.5. The number of nitrogens with zero attached hydrogens (tertiary/aromatic N) is 1. The third kappa shape index (κ3) is 2.18. The Kier molecular flexibility index (Phi) is 3.60. The highest BCUT2D eigenvalue weighted by Crippen LogP contribution is 2.62. The van der Waals surface area contributed by atoms with E-state index in [9.17, 15) is 0 Å². The minimum atomic E-state index is 0.436. The van der Waals surface area contributed by atoms with Gasteiger partial charge in [-0.2, -0.15) is 0 Å². The standard InChI is InChI=1S/C17H29N3O/c1-18-16(19-12-6-3-2-4-7-12)20-14-13-8-11-21-15(13)17(14)9-5-10-17/h12-15H,2-11H2,1H3,(H2,18,19,20). The Labute approximate surface area is 128 Å². The summed E-state index contributed by atoms with van der Waals surface area (Å²) in [5.41, 5.74) is 0.436. The van der Waals surface area contributed by atoms with Crippen molar-refractivity contribution in [2.75, 3.05) is 13.7 Å². The van der Waals surface area contributed by atoms with Crippen LogP contribution in [0.25, 0.3) is 0 Å². The van der Waals surface area contributed by atoms with Crippen LogP contribution < -0.4 is 10.6 Å². The lowest BCUT2D eigenvalue weighted by molar-refractivity contribution is -0.171. The largest absolute Gasteiger partial charge is 0.377 e. The molecule has 4 aliphatic rings. The lowest BCUT2D eigenvalue weighted by atomic mass is 9.46. The summed E-state index contributed by atoms with van der Waals surface area (Å²) in [6, 6.07) is 1.21. The van der Waals surface area contributed by atoms with Gasteiger partial charge in [0.05, 0.1) is 6.10 Å². The Morgan fingerprint density at radius 1 is 1.05 bits per heavy atom. The number of rotatable bonds is 2. The fourth-order valence-corrected chi connectivity index (χ4v) is 5.21. The van der Waals surface area contributed by atoms with Crippen molar-refractivity contribution < 1.29 is 4.74 Å². The van der Waals surface area contributed by atoms with Crippen LogP contribution in [-0.4, -0.2) is 37.8 Å². The van der Waals surface area contributed by atoms with Crippen LogP contribution in [0.3, 0.4) is 0 Å². The minimum absolute atomic E-state index is 0.436. The van der Waals surface area contributed by atoms with E-state index in [-0.39, 0.29) is 0 Å². The van der Waals surface area contributed by atoms with E-state index in [1.165, 1.54) is 57.8 Å². The highest BCUT2D eigenvalue weighted by molar-refractivity contribution is 5.80. The minimum Gasteiger partial charge on any atom is -0.377 e. The van der Waals surface area contributed by atoms with E-state index in [2.05, 4.69) is 15.6 Å². The Balaban J connectivity index is 1.39. The number of hydrogen-bond acceptors (Lipinski definition) is 2. The molecule has 1 saturated heterocycles. The summed E-state index contributed by atoms with van der Waals surface area (Å²) < 4.78 is 6.00. The molecule has 4 fully saturated rings. The fraction of sp³-hybridized carbons (Fsp3) is 0.941. The van der Waals surface area contributed by atoms with Gasteiger partial charge in [-0.15, -0.1) is 0 Å². The number of aliphatic imine (C=N–C) groups is 1. The molecule has 4 nitrogen and oxygen atoms in total. The van der Waals surface area contributed by atoms with E-state index in [0.29, 0.717) is 23.6 Å². The first-order chi connectivity index (χ1) is 10.3. The van der Waals surface area contributed by atoms with Crippen LogP contribution >= 0.6 is 0 Å². The molecule has 0 amide bonds. The van der Waals surface area contributed by atoms with Crippen LogP contribution in [0, 0.1) is 11.3 Å². The van der Waals surface area contributed by atoms with Gasteiger partial charge in [0.1, 0.15) is 0 Å². The highest BCUT2D eigenvalue weighted by Gasteiger charge is 2.66. The molecule has 21 heavy (non-hydrogen) atoms. The zero-order chi connectivity index (χ0) is 14.3. The zero-order valence-electron chi connectivity index (χ0n) is 13.2. The van der Waals surface area contributed by atoms with Crippen LogP contribution in [0.5, 0.6) is 0 Å². The molecule has 3 saturated carbocycles. The molecule has 3 unspecified atom stereocenters. The summed E-state index contributed by atoms with van der Waals surface area (Å²) in [4.78, 5) is 4.50. The fourth-order valence-electron chi connectivity index (χ4n) is 5.21. The number of nitrogens with one attached hydrogen (secondary N) is 2. The first-order valence-electron chi connectivity index (χ1n) is 8.95. The molecule has 1 heterocycles. The Hall–Kier alpha value is -0.770. The molecule has 0 radical (unpaired) electrons. The SMILES string of the molecule is CN=C(NC1CCCCC1)NC1C2CCOC2C12CCC2. The normalized spacial score (nSPS) is 38.5. The smallest absolute Gasteiger partial charge is 0.191 e. The molecule has 0 aromatic rings. The Morgan fingerprint density at radius 3 is 2.52 bits per heavy atom. The van der Waals surface area contributed by atoms with E-state index < -0.39 is 0 Å². The van der Waals surface area contributed by atoms with E-state index in [0.717, 1.165) is 18.5 Å². The summed E-state index contributed by atoms with van der Waals surface area (Å²) in [6.07, 6.45) is 12.5. The second-order valence-electron chi connectivity index (χ2n) is 7.50. The molecule has 1 spiro atoms. The van der Waals surface area contributed by atoms with Crippen LogP contribution in [0.1, 0.15) is 57.8 Å². The van der Waals surface area contributed by atoms with Gasteiger partial charge < -0.3 is 15.4 Å². The monoisotopic (exact) mass is 291 g/mol. The van der Waals surface area contributed by atoms with Crippen LogP contribution in [0.15, 0.2) is 4.99 Å². The van der Waals surface area contributed by atoms with Crippen molar-refractivity contribution in [3.8, 4) is 0 Å². The topological polar surface area (TPSA) is 45.7 Å². The van der Waals surface area contributed by atoms with E-state index >= 15 is 0 Å². The maximum absolute atomic E-state index is 6.00. The van der Waals surface area contributed by atoms with Crippen LogP contribution in [0.2, 0.25) is 0 Å². The summed E-state index contributed by atoms with van der Waals surface area (Å²) in [5, 5.41) is 7.44. The van der Waals surface area contributed by atoms with Gasteiger partial charge >= 0.3 is 0 Å². The molecular formula is C17H29N3O. The second kappa shape index (κ2) is 5.45. The lowest BCUT2D eigenvalue weighted by Gasteiger charge is -2.63. The first kappa shape index (κ1) is 13.9. The van der Waals surface area contributed by atoms with Gasteiger partial charge in [-0.05, 0) is 32.1 Å². The molecule has 3 aliphatic carbocycles. The molecule has 0 aromatic heterocycles. The van der Waals surface area contributed by atoms with Crippen molar-refractivity contribution >= 4 is 5.96 Å². The van der Waals surface area contributed by atoms with E-state index in [1.54, 1.807) is 0 Å². The summed E-state index contributed by atoms with van der Waals surface area (Å²) >= 11 is 0. The van der Waals surface area contributed by atoms with Gasteiger partial charge in [0.25, 0.3) is 0 Å². The molecule has 3 atom stereocenters. The molecule has 4 rings (SSSR count). The van der Waals surface area contributed by atoms with Gasteiger partial charge in [0, 0.05) is 37.1 Å².